The highest BCUT2D eigenvalue weighted by Crippen LogP contribution is 2.44. The van der Waals surface area contributed by atoms with Crippen molar-refractivity contribution in [3.8, 4) is 5.75 Å². The van der Waals surface area contributed by atoms with Gasteiger partial charge in [0.25, 0.3) is 5.91 Å². The largest absolute Gasteiger partial charge is 0.496 e. The molecule has 0 saturated carbocycles. The Bertz CT molecular complexity index is 910. The lowest BCUT2D eigenvalue weighted by Crippen LogP contribution is -2.26. The van der Waals surface area contributed by atoms with Crippen molar-refractivity contribution in [1.82, 2.24) is 0 Å². The first kappa shape index (κ1) is 21.4. The van der Waals surface area contributed by atoms with E-state index in [-0.39, 0.29) is 17.3 Å². The van der Waals surface area contributed by atoms with Crippen LogP contribution in [0.1, 0.15) is 65.3 Å². The van der Waals surface area contributed by atoms with Crippen LogP contribution in [0, 0.1) is 11.3 Å². The van der Waals surface area contributed by atoms with Gasteiger partial charge in [-0.05, 0) is 55.2 Å². The van der Waals surface area contributed by atoms with Gasteiger partial charge in [-0.1, -0.05) is 32.9 Å². The molecule has 1 N–H and O–H groups in total. The molecule has 1 aliphatic carbocycles. The van der Waals surface area contributed by atoms with E-state index in [4.69, 9.17) is 9.47 Å². The number of carbonyl (C=O) groups excluding carboxylic acids is 2. The van der Waals surface area contributed by atoms with Crippen molar-refractivity contribution in [1.29, 1.82) is 0 Å². The van der Waals surface area contributed by atoms with Crippen molar-refractivity contribution in [2.45, 2.75) is 47.0 Å². The molecule has 0 saturated heterocycles. The summed E-state index contributed by atoms with van der Waals surface area (Å²) >= 11 is 1.50. The van der Waals surface area contributed by atoms with E-state index in [1.165, 1.54) is 23.3 Å². The summed E-state index contributed by atoms with van der Waals surface area (Å²) in [5, 5.41) is 3.52. The van der Waals surface area contributed by atoms with Crippen molar-refractivity contribution in [2.75, 3.05) is 19.0 Å². The summed E-state index contributed by atoms with van der Waals surface area (Å²) in [4.78, 5) is 26.8. The first-order valence-electron chi connectivity index (χ1n) is 10.0. The third-order valence-corrected chi connectivity index (χ3v) is 6.72. The van der Waals surface area contributed by atoms with Gasteiger partial charge in [-0.25, -0.2) is 4.79 Å². The number of amides is 1. The Morgan fingerprint density at radius 3 is 2.62 bits per heavy atom. The van der Waals surface area contributed by atoms with E-state index in [0.717, 1.165) is 24.8 Å². The fraction of sp³-hybridized carbons (Fsp3) is 0.478. The van der Waals surface area contributed by atoms with E-state index in [2.05, 4.69) is 26.1 Å². The summed E-state index contributed by atoms with van der Waals surface area (Å²) < 4.78 is 10.6. The molecule has 0 fully saturated rings. The second kappa shape index (κ2) is 8.57. The molecule has 1 amide bonds. The second-order valence-corrected chi connectivity index (χ2v) is 9.49. The number of benzene rings is 1. The summed E-state index contributed by atoms with van der Waals surface area (Å²) in [5.41, 5.74) is 2.18. The minimum atomic E-state index is -0.366. The van der Waals surface area contributed by atoms with E-state index >= 15 is 0 Å². The Morgan fingerprint density at radius 1 is 1.24 bits per heavy atom. The van der Waals surface area contributed by atoms with E-state index in [1.54, 1.807) is 25.1 Å². The molecule has 156 valence electrons. The van der Waals surface area contributed by atoms with Crippen molar-refractivity contribution < 1.29 is 19.1 Å². The molecule has 2 aromatic rings. The summed E-state index contributed by atoms with van der Waals surface area (Å²) in [7, 11) is 1.53. The molecule has 1 atom stereocenters. The third kappa shape index (κ3) is 4.47. The second-order valence-electron chi connectivity index (χ2n) is 8.39. The van der Waals surface area contributed by atoms with Crippen molar-refractivity contribution in [3.63, 3.8) is 0 Å². The summed E-state index contributed by atoms with van der Waals surface area (Å²) in [6.45, 7) is 8.86. The van der Waals surface area contributed by atoms with E-state index in [9.17, 15) is 9.59 Å². The van der Waals surface area contributed by atoms with Gasteiger partial charge < -0.3 is 14.8 Å². The van der Waals surface area contributed by atoms with E-state index in [0.29, 0.717) is 34.4 Å². The number of hydrogen-bond donors (Lipinski definition) is 1. The zero-order valence-electron chi connectivity index (χ0n) is 17.8. The molecule has 5 nitrogen and oxygen atoms in total. The Morgan fingerprint density at radius 2 is 1.97 bits per heavy atom. The van der Waals surface area contributed by atoms with Crippen LogP contribution >= 0.6 is 11.3 Å². The molecular formula is C23H29NO4S. The SMILES string of the molecule is CCOC(=O)c1c(NC(=O)c2ccccc2OC)sc2c1CCC(C(C)(C)C)C2. The highest BCUT2D eigenvalue weighted by Gasteiger charge is 2.34. The molecular weight excluding hydrogens is 386 g/mol. The van der Waals surface area contributed by atoms with Crippen LogP contribution in [0.15, 0.2) is 24.3 Å². The first-order valence-corrected chi connectivity index (χ1v) is 10.8. The fourth-order valence-electron chi connectivity index (χ4n) is 3.84. The number of carbonyl (C=O) groups is 2. The molecule has 1 aromatic heterocycles. The molecule has 0 bridgehead atoms. The van der Waals surface area contributed by atoms with Gasteiger partial charge in [0.2, 0.25) is 0 Å². The molecule has 3 rings (SSSR count). The Kier molecular flexibility index (Phi) is 6.32. The van der Waals surface area contributed by atoms with Gasteiger partial charge >= 0.3 is 5.97 Å². The third-order valence-electron chi connectivity index (χ3n) is 5.55. The number of para-hydroxylation sites is 1. The molecule has 0 spiro atoms. The molecule has 6 heteroatoms. The summed E-state index contributed by atoms with van der Waals surface area (Å²) in [6, 6.07) is 7.06. The lowest BCUT2D eigenvalue weighted by atomic mass is 9.72. The van der Waals surface area contributed by atoms with Crippen LogP contribution in [0.2, 0.25) is 0 Å². The normalized spacial score (nSPS) is 16.1. The Hall–Kier alpha value is -2.34. The van der Waals surface area contributed by atoms with Crippen LogP contribution in [0.3, 0.4) is 0 Å². The van der Waals surface area contributed by atoms with Crippen molar-refractivity contribution in [2.24, 2.45) is 11.3 Å². The van der Waals surface area contributed by atoms with Crippen LogP contribution in [0.25, 0.3) is 0 Å². The molecule has 1 heterocycles. The average Bonchev–Trinajstić information content (AvgIpc) is 3.04. The topological polar surface area (TPSA) is 64.6 Å². The predicted molar refractivity (Wildman–Crippen MR) is 116 cm³/mol. The quantitative estimate of drug-likeness (QED) is 0.670. The number of esters is 1. The van der Waals surface area contributed by atoms with E-state index < -0.39 is 0 Å². The molecule has 1 unspecified atom stereocenters. The standard InChI is InChI=1S/C23H29NO4S/c1-6-28-22(26)19-16-12-11-14(23(2,3)4)13-18(16)29-21(19)24-20(25)15-9-7-8-10-17(15)27-5/h7-10,14H,6,11-13H2,1-5H3,(H,24,25). The van der Waals surface area contributed by atoms with Crippen LogP contribution in [0.5, 0.6) is 5.75 Å². The number of nitrogens with one attached hydrogen (secondary N) is 1. The minimum absolute atomic E-state index is 0.201. The zero-order chi connectivity index (χ0) is 21.2. The maximum absolute atomic E-state index is 12.9. The maximum atomic E-state index is 12.9. The smallest absolute Gasteiger partial charge is 0.341 e. The lowest BCUT2D eigenvalue weighted by molar-refractivity contribution is 0.0526. The molecule has 1 aromatic carbocycles. The number of ether oxygens (including phenoxy) is 2. The van der Waals surface area contributed by atoms with Gasteiger partial charge in [0.15, 0.2) is 0 Å². The predicted octanol–water partition coefficient (Wildman–Crippen LogP) is 5.34. The van der Waals surface area contributed by atoms with Crippen LogP contribution < -0.4 is 10.1 Å². The molecule has 1 aliphatic rings. The number of methoxy groups -OCH3 is 1. The first-order chi connectivity index (χ1) is 13.8. The monoisotopic (exact) mass is 415 g/mol. The van der Waals surface area contributed by atoms with Gasteiger partial charge in [-0.15, -0.1) is 11.3 Å². The van der Waals surface area contributed by atoms with Crippen molar-refractivity contribution >= 4 is 28.2 Å². The molecule has 29 heavy (non-hydrogen) atoms. The number of thiophene rings is 1. The van der Waals surface area contributed by atoms with Gasteiger partial charge in [0.05, 0.1) is 24.8 Å². The molecule has 0 radical (unpaired) electrons. The number of fused-ring (bicyclic) bond motifs is 1. The Labute approximate surface area is 176 Å². The Balaban J connectivity index is 1.97. The van der Waals surface area contributed by atoms with Crippen molar-refractivity contribution in [3.05, 3.63) is 45.8 Å². The maximum Gasteiger partial charge on any atom is 0.341 e. The fourth-order valence-corrected chi connectivity index (χ4v) is 5.15. The van der Waals surface area contributed by atoms with Crippen LogP contribution in [-0.4, -0.2) is 25.6 Å². The minimum Gasteiger partial charge on any atom is -0.496 e. The highest BCUT2D eigenvalue weighted by molar-refractivity contribution is 7.17. The number of anilines is 1. The zero-order valence-corrected chi connectivity index (χ0v) is 18.6. The number of hydrogen-bond acceptors (Lipinski definition) is 5. The summed E-state index contributed by atoms with van der Waals surface area (Å²) in [6.07, 6.45) is 2.77. The summed E-state index contributed by atoms with van der Waals surface area (Å²) in [5.74, 6) is 0.381. The van der Waals surface area contributed by atoms with Gasteiger partial charge in [-0.3, -0.25) is 4.79 Å². The molecule has 0 aliphatic heterocycles. The van der Waals surface area contributed by atoms with Crippen LogP contribution in [0.4, 0.5) is 5.00 Å². The highest BCUT2D eigenvalue weighted by atomic mass is 32.1. The van der Waals surface area contributed by atoms with Gasteiger partial charge in [-0.2, -0.15) is 0 Å². The van der Waals surface area contributed by atoms with Gasteiger partial charge in [0, 0.05) is 4.88 Å². The van der Waals surface area contributed by atoms with E-state index in [1.807, 2.05) is 6.07 Å². The number of rotatable bonds is 5. The van der Waals surface area contributed by atoms with Crippen LogP contribution in [-0.2, 0) is 17.6 Å². The van der Waals surface area contributed by atoms with Gasteiger partial charge in [0.1, 0.15) is 10.8 Å². The lowest BCUT2D eigenvalue weighted by Gasteiger charge is -2.33. The average molecular weight is 416 g/mol.